The van der Waals surface area contributed by atoms with Gasteiger partial charge in [0.05, 0.1) is 25.4 Å². The molecule has 0 aromatic carbocycles. The zero-order chi connectivity index (χ0) is 53.6. The van der Waals surface area contributed by atoms with Gasteiger partial charge in [0.15, 0.2) is 0 Å². The van der Waals surface area contributed by atoms with Gasteiger partial charge < -0.3 is 20.3 Å². The third-order valence-electron chi connectivity index (χ3n) is 15.7. The third kappa shape index (κ3) is 59.6. The number of nitrogens with one attached hydrogen (secondary N) is 1. The molecule has 0 saturated carbocycles. The molecule has 74 heavy (non-hydrogen) atoms. The van der Waals surface area contributed by atoms with Crippen LogP contribution in [0.15, 0.2) is 24.3 Å². The van der Waals surface area contributed by atoms with Crippen LogP contribution in [0.3, 0.4) is 0 Å². The Hall–Kier alpha value is -1.66. The number of aliphatic hydroxyl groups excluding tert-OH is 2. The molecule has 438 valence electrons. The normalized spacial score (nSPS) is 12.6. The largest absolute Gasteiger partial charge is 0.466 e. The van der Waals surface area contributed by atoms with Crippen LogP contribution in [-0.4, -0.2) is 47.4 Å². The molecular weight excluding hydrogens is 911 g/mol. The van der Waals surface area contributed by atoms with Crippen LogP contribution in [0.1, 0.15) is 373 Å². The number of rotatable bonds is 63. The number of carbonyl (C=O) groups excluding carboxylic acids is 2. The highest BCUT2D eigenvalue weighted by atomic mass is 16.5. The average Bonchev–Trinajstić information content (AvgIpc) is 3.40. The van der Waals surface area contributed by atoms with Gasteiger partial charge in [-0.15, -0.1) is 0 Å². The van der Waals surface area contributed by atoms with E-state index in [1.54, 1.807) is 0 Å². The summed E-state index contributed by atoms with van der Waals surface area (Å²) in [5, 5.41) is 23.4. The Balaban J connectivity index is 3.46. The quantitative estimate of drug-likeness (QED) is 0.0320. The molecule has 0 aliphatic rings. The standard InChI is InChI=1S/C68H131NO5/c1-3-5-7-9-11-13-15-17-19-21-23-24-25-26-27-28-30-31-33-36-40-44-48-52-56-60-66(71)65(64-70)69-67(72)61-57-53-49-45-41-37-35-39-43-47-51-55-59-63-74-68(73)62-58-54-50-46-42-38-34-32-29-22-20-18-16-14-12-10-8-6-4-2/h18,20,37,41,65-66,70-71H,3-17,19,21-36,38-40,42-64H2,1-2H3,(H,69,72)/b20-18-,41-37-. The van der Waals surface area contributed by atoms with Crippen molar-refractivity contribution < 1.29 is 24.5 Å². The van der Waals surface area contributed by atoms with Crippen LogP contribution in [0.5, 0.6) is 0 Å². The number of hydrogen-bond acceptors (Lipinski definition) is 5. The van der Waals surface area contributed by atoms with Crippen molar-refractivity contribution in [1.29, 1.82) is 0 Å². The van der Waals surface area contributed by atoms with E-state index in [1.807, 2.05) is 0 Å². The summed E-state index contributed by atoms with van der Waals surface area (Å²) in [5.41, 5.74) is 0. The fourth-order valence-corrected chi connectivity index (χ4v) is 10.6. The van der Waals surface area contributed by atoms with E-state index < -0.39 is 12.1 Å². The highest BCUT2D eigenvalue weighted by molar-refractivity contribution is 5.76. The molecule has 0 aromatic heterocycles. The molecule has 0 radical (unpaired) electrons. The first kappa shape index (κ1) is 72.3. The van der Waals surface area contributed by atoms with Crippen LogP contribution in [0.25, 0.3) is 0 Å². The molecule has 0 heterocycles. The van der Waals surface area contributed by atoms with Crippen LogP contribution in [0.2, 0.25) is 0 Å². The lowest BCUT2D eigenvalue weighted by molar-refractivity contribution is -0.143. The van der Waals surface area contributed by atoms with Gasteiger partial charge in [0.2, 0.25) is 5.91 Å². The second-order valence-electron chi connectivity index (χ2n) is 23.1. The van der Waals surface area contributed by atoms with Gasteiger partial charge in [0, 0.05) is 12.8 Å². The van der Waals surface area contributed by atoms with E-state index in [0.29, 0.717) is 25.9 Å². The summed E-state index contributed by atoms with van der Waals surface area (Å²) in [5.74, 6) is -0.0724. The number of carbonyl (C=O) groups is 2. The lowest BCUT2D eigenvalue weighted by atomic mass is 10.0. The van der Waals surface area contributed by atoms with Crippen LogP contribution in [0.4, 0.5) is 0 Å². The van der Waals surface area contributed by atoms with E-state index in [-0.39, 0.29) is 18.5 Å². The fourth-order valence-electron chi connectivity index (χ4n) is 10.6. The molecule has 6 heteroatoms. The predicted octanol–water partition coefficient (Wildman–Crippen LogP) is 21.4. The van der Waals surface area contributed by atoms with Crippen molar-refractivity contribution in [3.63, 3.8) is 0 Å². The molecule has 3 N–H and O–H groups in total. The van der Waals surface area contributed by atoms with E-state index in [1.165, 1.54) is 270 Å². The Bertz CT molecular complexity index is 1150. The number of hydrogen-bond donors (Lipinski definition) is 3. The summed E-state index contributed by atoms with van der Waals surface area (Å²) in [4.78, 5) is 24.6. The summed E-state index contributed by atoms with van der Waals surface area (Å²) >= 11 is 0. The maximum Gasteiger partial charge on any atom is 0.305 e. The predicted molar refractivity (Wildman–Crippen MR) is 324 cm³/mol. The molecule has 0 aromatic rings. The Kier molecular flexibility index (Phi) is 62.4. The first-order valence-electron chi connectivity index (χ1n) is 33.6. The zero-order valence-corrected chi connectivity index (χ0v) is 50.1. The first-order valence-corrected chi connectivity index (χ1v) is 33.6. The lowest BCUT2D eigenvalue weighted by Crippen LogP contribution is -2.45. The number of aliphatic hydroxyl groups is 2. The van der Waals surface area contributed by atoms with Crippen molar-refractivity contribution in [2.75, 3.05) is 13.2 Å². The van der Waals surface area contributed by atoms with E-state index in [2.05, 4.69) is 43.5 Å². The van der Waals surface area contributed by atoms with Gasteiger partial charge in [-0.3, -0.25) is 9.59 Å². The monoisotopic (exact) mass is 1040 g/mol. The number of unbranched alkanes of at least 4 members (excludes halogenated alkanes) is 48. The first-order chi connectivity index (χ1) is 36.5. The number of ether oxygens (including phenoxy) is 1. The van der Waals surface area contributed by atoms with Crippen molar-refractivity contribution in [2.24, 2.45) is 0 Å². The molecule has 0 bridgehead atoms. The van der Waals surface area contributed by atoms with Gasteiger partial charge in [-0.05, 0) is 77.0 Å². The van der Waals surface area contributed by atoms with Crippen molar-refractivity contribution in [1.82, 2.24) is 5.32 Å². The van der Waals surface area contributed by atoms with Gasteiger partial charge in [-0.1, -0.05) is 308 Å². The van der Waals surface area contributed by atoms with Crippen molar-refractivity contribution in [3.8, 4) is 0 Å². The molecule has 2 unspecified atom stereocenters. The highest BCUT2D eigenvalue weighted by Gasteiger charge is 2.20. The van der Waals surface area contributed by atoms with Crippen molar-refractivity contribution in [2.45, 2.75) is 386 Å². The molecule has 1 amide bonds. The molecule has 0 aliphatic heterocycles. The van der Waals surface area contributed by atoms with Gasteiger partial charge in [0.25, 0.3) is 0 Å². The van der Waals surface area contributed by atoms with Crippen LogP contribution in [-0.2, 0) is 14.3 Å². The van der Waals surface area contributed by atoms with Crippen LogP contribution in [0, 0.1) is 0 Å². The van der Waals surface area contributed by atoms with E-state index in [9.17, 15) is 19.8 Å². The number of amides is 1. The Morgan fingerprint density at radius 3 is 0.973 bits per heavy atom. The van der Waals surface area contributed by atoms with Gasteiger partial charge >= 0.3 is 5.97 Å². The van der Waals surface area contributed by atoms with Gasteiger partial charge in [0.1, 0.15) is 0 Å². The minimum atomic E-state index is -0.683. The summed E-state index contributed by atoms with van der Waals surface area (Å²) < 4.78 is 5.49. The highest BCUT2D eigenvalue weighted by Crippen LogP contribution is 2.18. The molecule has 0 saturated heterocycles. The molecule has 6 nitrogen and oxygen atoms in total. The second-order valence-corrected chi connectivity index (χ2v) is 23.1. The molecule has 0 rings (SSSR count). The van der Waals surface area contributed by atoms with Crippen molar-refractivity contribution in [3.05, 3.63) is 24.3 Å². The number of esters is 1. The lowest BCUT2D eigenvalue weighted by Gasteiger charge is -2.22. The minimum Gasteiger partial charge on any atom is -0.466 e. The molecule has 0 spiro atoms. The molecule has 0 fully saturated rings. The minimum absolute atomic E-state index is 0.0117. The maximum absolute atomic E-state index is 12.5. The van der Waals surface area contributed by atoms with E-state index in [0.717, 1.165) is 70.6 Å². The van der Waals surface area contributed by atoms with E-state index >= 15 is 0 Å². The summed E-state index contributed by atoms with van der Waals surface area (Å²) in [7, 11) is 0. The van der Waals surface area contributed by atoms with Crippen LogP contribution >= 0.6 is 0 Å². The molecular formula is C68H131NO5. The average molecular weight is 1040 g/mol. The van der Waals surface area contributed by atoms with Crippen LogP contribution < -0.4 is 5.32 Å². The van der Waals surface area contributed by atoms with Crippen molar-refractivity contribution >= 4 is 11.9 Å². The Morgan fingerprint density at radius 1 is 0.365 bits per heavy atom. The Morgan fingerprint density at radius 2 is 0.635 bits per heavy atom. The summed E-state index contributed by atoms with van der Waals surface area (Å²) in [6.07, 6.45) is 79.2. The van der Waals surface area contributed by atoms with E-state index in [4.69, 9.17) is 4.74 Å². The summed E-state index contributed by atoms with van der Waals surface area (Å²) in [6, 6.07) is -0.564. The molecule has 2 atom stereocenters. The third-order valence-corrected chi connectivity index (χ3v) is 15.7. The molecule has 0 aliphatic carbocycles. The smallest absolute Gasteiger partial charge is 0.305 e. The second kappa shape index (κ2) is 63.9. The number of allylic oxidation sites excluding steroid dienone is 4. The summed E-state index contributed by atoms with van der Waals surface area (Å²) in [6.45, 7) is 4.94. The SMILES string of the molecule is CCCCCCCC/C=C\CCCCCCCCCCCC(=O)OCCCCCCCC/C=C\CCCCCC(=O)NC(CO)C(O)CCCCCCCCCCCCCCCCCCCCCCCCCCC. The van der Waals surface area contributed by atoms with Gasteiger partial charge in [-0.25, -0.2) is 0 Å². The van der Waals surface area contributed by atoms with Gasteiger partial charge in [-0.2, -0.15) is 0 Å². The zero-order valence-electron chi connectivity index (χ0n) is 50.1. The maximum atomic E-state index is 12.5. The topological polar surface area (TPSA) is 95.9 Å². The Labute approximate surface area is 462 Å². The fraction of sp³-hybridized carbons (Fsp3) is 0.912.